The molecule has 0 aromatic heterocycles. The second-order valence-corrected chi connectivity index (χ2v) is 6.04. The van der Waals surface area contributed by atoms with E-state index in [4.69, 9.17) is 0 Å². The molecule has 1 N–H and O–H groups in total. The van der Waals surface area contributed by atoms with E-state index in [1.54, 1.807) is 30.3 Å². The fourth-order valence-corrected chi connectivity index (χ4v) is 3.10. The van der Waals surface area contributed by atoms with Crippen LogP contribution >= 0.6 is 0 Å². The average Bonchev–Trinajstić information content (AvgIpc) is 3.00. The Bertz CT molecular complexity index is 754. The highest BCUT2D eigenvalue weighted by Gasteiger charge is 2.26. The predicted octanol–water partition coefficient (Wildman–Crippen LogP) is 3.53. The first-order valence-electron chi connectivity index (χ1n) is 7.79. The summed E-state index contributed by atoms with van der Waals surface area (Å²) < 4.78 is 0. The van der Waals surface area contributed by atoms with Crippen molar-refractivity contribution in [1.29, 1.82) is 0 Å². The van der Waals surface area contributed by atoms with Crippen molar-refractivity contribution in [3.63, 3.8) is 0 Å². The van der Waals surface area contributed by atoms with Crippen molar-refractivity contribution >= 4 is 11.9 Å². The minimum Gasteiger partial charge on any atom is -0.478 e. The number of aromatic carboxylic acids is 1. The molecular formula is C19H19NO3. The topological polar surface area (TPSA) is 57.6 Å². The third-order valence-corrected chi connectivity index (χ3v) is 4.32. The Morgan fingerprint density at radius 2 is 1.57 bits per heavy atom. The maximum Gasteiger partial charge on any atom is 0.336 e. The van der Waals surface area contributed by atoms with Gasteiger partial charge >= 0.3 is 5.97 Å². The van der Waals surface area contributed by atoms with Gasteiger partial charge in [0.05, 0.1) is 5.56 Å². The number of likely N-dealkylation sites (tertiary alicyclic amines) is 1. The van der Waals surface area contributed by atoms with Crippen molar-refractivity contribution in [2.45, 2.75) is 13.3 Å². The van der Waals surface area contributed by atoms with Gasteiger partial charge in [-0.15, -0.1) is 0 Å². The zero-order chi connectivity index (χ0) is 16.4. The van der Waals surface area contributed by atoms with Gasteiger partial charge < -0.3 is 10.0 Å². The van der Waals surface area contributed by atoms with Crippen molar-refractivity contribution in [2.24, 2.45) is 5.92 Å². The number of carbonyl (C=O) groups is 2. The molecule has 1 amide bonds. The molecule has 1 heterocycles. The lowest BCUT2D eigenvalue weighted by atomic mass is 9.95. The molecule has 1 fully saturated rings. The minimum absolute atomic E-state index is 0.0230. The molecule has 4 heteroatoms. The van der Waals surface area contributed by atoms with Gasteiger partial charge in [0.1, 0.15) is 0 Å². The second kappa shape index (κ2) is 6.24. The van der Waals surface area contributed by atoms with E-state index in [0.717, 1.165) is 19.5 Å². The van der Waals surface area contributed by atoms with Crippen LogP contribution in [0.5, 0.6) is 0 Å². The molecule has 4 nitrogen and oxygen atoms in total. The molecule has 0 bridgehead atoms. The molecule has 3 rings (SSSR count). The number of nitrogens with zero attached hydrogens (tertiary/aromatic N) is 1. The summed E-state index contributed by atoms with van der Waals surface area (Å²) in [6.45, 7) is 3.65. The normalized spacial score (nSPS) is 17.3. The zero-order valence-corrected chi connectivity index (χ0v) is 13.0. The molecule has 1 aliphatic rings. The Hall–Kier alpha value is -2.62. The fraction of sp³-hybridized carbons (Fsp3) is 0.263. The maximum atomic E-state index is 12.8. The van der Waals surface area contributed by atoms with E-state index in [2.05, 4.69) is 6.92 Å². The Balaban J connectivity index is 2.05. The minimum atomic E-state index is -0.988. The van der Waals surface area contributed by atoms with Gasteiger partial charge in [-0.2, -0.15) is 0 Å². The summed E-state index contributed by atoms with van der Waals surface area (Å²) in [5.41, 5.74) is 2.03. The van der Waals surface area contributed by atoms with E-state index in [1.807, 2.05) is 23.1 Å². The van der Waals surface area contributed by atoms with Crippen LogP contribution in [0.2, 0.25) is 0 Å². The van der Waals surface area contributed by atoms with Gasteiger partial charge in [0.25, 0.3) is 5.91 Å². The number of amides is 1. The van der Waals surface area contributed by atoms with Gasteiger partial charge in [-0.05, 0) is 35.6 Å². The highest BCUT2D eigenvalue weighted by molar-refractivity contribution is 6.04. The van der Waals surface area contributed by atoms with E-state index in [-0.39, 0.29) is 11.5 Å². The van der Waals surface area contributed by atoms with Crippen LogP contribution in [-0.4, -0.2) is 35.0 Å². The summed E-state index contributed by atoms with van der Waals surface area (Å²) in [4.78, 5) is 26.2. The Kier molecular flexibility index (Phi) is 4.15. The summed E-state index contributed by atoms with van der Waals surface area (Å²) >= 11 is 0. The Morgan fingerprint density at radius 1 is 1.00 bits per heavy atom. The van der Waals surface area contributed by atoms with Gasteiger partial charge in [-0.3, -0.25) is 4.79 Å². The molecule has 118 valence electrons. The van der Waals surface area contributed by atoms with E-state index >= 15 is 0 Å². The first kappa shape index (κ1) is 15.3. The molecule has 2 aromatic rings. The monoisotopic (exact) mass is 309 g/mol. The molecule has 0 saturated carbocycles. The summed E-state index contributed by atoms with van der Waals surface area (Å²) in [5.74, 6) is -0.500. The molecule has 0 radical (unpaired) electrons. The standard InChI is InChI=1S/C19H19NO3/c1-13-10-11-20(12-13)18(21)16-8-4-2-6-14(16)15-7-3-5-9-17(15)19(22)23/h2-9,13H,10-12H2,1H3,(H,22,23). The molecule has 1 unspecified atom stereocenters. The van der Waals surface area contributed by atoms with Gasteiger partial charge in [0.15, 0.2) is 0 Å². The van der Waals surface area contributed by atoms with E-state index in [0.29, 0.717) is 22.6 Å². The fourth-order valence-electron chi connectivity index (χ4n) is 3.10. The van der Waals surface area contributed by atoms with Gasteiger partial charge in [-0.25, -0.2) is 4.79 Å². The predicted molar refractivity (Wildman–Crippen MR) is 88.5 cm³/mol. The van der Waals surface area contributed by atoms with Crippen LogP contribution < -0.4 is 0 Å². The van der Waals surface area contributed by atoms with Crippen molar-refractivity contribution in [1.82, 2.24) is 4.90 Å². The number of hydrogen-bond donors (Lipinski definition) is 1. The lowest BCUT2D eigenvalue weighted by molar-refractivity contribution is 0.0696. The quantitative estimate of drug-likeness (QED) is 0.943. The third-order valence-electron chi connectivity index (χ3n) is 4.32. The lowest BCUT2D eigenvalue weighted by Gasteiger charge is -2.19. The first-order valence-corrected chi connectivity index (χ1v) is 7.79. The number of carbonyl (C=O) groups excluding carboxylic acids is 1. The van der Waals surface area contributed by atoms with Crippen LogP contribution in [0.25, 0.3) is 11.1 Å². The summed E-state index contributed by atoms with van der Waals surface area (Å²) in [7, 11) is 0. The molecule has 23 heavy (non-hydrogen) atoms. The molecule has 2 aromatic carbocycles. The van der Waals surface area contributed by atoms with E-state index in [1.165, 1.54) is 0 Å². The highest BCUT2D eigenvalue weighted by atomic mass is 16.4. The highest BCUT2D eigenvalue weighted by Crippen LogP contribution is 2.29. The van der Waals surface area contributed by atoms with Crippen molar-refractivity contribution in [3.8, 4) is 11.1 Å². The van der Waals surface area contributed by atoms with Gasteiger partial charge in [-0.1, -0.05) is 43.3 Å². The van der Waals surface area contributed by atoms with Crippen LogP contribution in [0.1, 0.15) is 34.1 Å². The number of hydrogen-bond acceptors (Lipinski definition) is 2. The zero-order valence-electron chi connectivity index (χ0n) is 13.0. The maximum absolute atomic E-state index is 12.8. The SMILES string of the molecule is CC1CCN(C(=O)c2ccccc2-c2ccccc2C(=O)O)C1. The van der Waals surface area contributed by atoms with Gasteiger partial charge in [0.2, 0.25) is 0 Å². The molecule has 1 aliphatic heterocycles. The molecule has 1 atom stereocenters. The van der Waals surface area contributed by atoms with Crippen LogP contribution in [0.4, 0.5) is 0 Å². The summed E-state index contributed by atoms with van der Waals surface area (Å²) in [6.07, 6.45) is 1.01. The van der Waals surface area contributed by atoms with Crippen LogP contribution in [0.3, 0.4) is 0 Å². The smallest absolute Gasteiger partial charge is 0.336 e. The van der Waals surface area contributed by atoms with Crippen molar-refractivity contribution < 1.29 is 14.7 Å². The van der Waals surface area contributed by atoms with Crippen LogP contribution in [-0.2, 0) is 0 Å². The van der Waals surface area contributed by atoms with Gasteiger partial charge in [0, 0.05) is 18.7 Å². The summed E-state index contributed by atoms with van der Waals surface area (Å²) in [5, 5.41) is 9.41. The number of benzene rings is 2. The largest absolute Gasteiger partial charge is 0.478 e. The average molecular weight is 309 g/mol. The Morgan fingerprint density at radius 3 is 2.13 bits per heavy atom. The lowest BCUT2D eigenvalue weighted by Crippen LogP contribution is -2.28. The van der Waals surface area contributed by atoms with E-state index in [9.17, 15) is 14.7 Å². The molecule has 1 saturated heterocycles. The number of carboxylic acids is 1. The van der Waals surface area contributed by atoms with Crippen molar-refractivity contribution in [2.75, 3.05) is 13.1 Å². The van der Waals surface area contributed by atoms with Crippen LogP contribution in [0.15, 0.2) is 48.5 Å². The number of carboxylic acid groups (broad SMARTS) is 1. The number of rotatable bonds is 3. The first-order chi connectivity index (χ1) is 11.1. The summed E-state index contributed by atoms with van der Waals surface area (Å²) in [6, 6.07) is 14.0. The van der Waals surface area contributed by atoms with Crippen LogP contribution in [0, 0.1) is 5.92 Å². The van der Waals surface area contributed by atoms with E-state index < -0.39 is 5.97 Å². The second-order valence-electron chi connectivity index (χ2n) is 6.04. The molecular weight excluding hydrogens is 290 g/mol. The van der Waals surface area contributed by atoms with Crippen molar-refractivity contribution in [3.05, 3.63) is 59.7 Å². The molecule has 0 spiro atoms. The Labute approximate surface area is 135 Å². The molecule has 0 aliphatic carbocycles. The third kappa shape index (κ3) is 2.97.